The molecule has 1 aromatic heterocycles. The molecule has 1 aromatic carbocycles. The van der Waals surface area contributed by atoms with Crippen LogP contribution in [-0.2, 0) is 9.53 Å². The normalized spacial score (nSPS) is 25.4. The van der Waals surface area contributed by atoms with E-state index < -0.39 is 28.7 Å². The number of esters is 1. The van der Waals surface area contributed by atoms with Crippen LogP contribution in [0.1, 0.15) is 46.5 Å². The van der Waals surface area contributed by atoms with E-state index in [2.05, 4.69) is 4.98 Å². The van der Waals surface area contributed by atoms with Gasteiger partial charge in [0.2, 0.25) is 5.82 Å². The van der Waals surface area contributed by atoms with E-state index in [1.807, 2.05) is 25.8 Å². The Bertz CT molecular complexity index is 1190. The first-order valence-corrected chi connectivity index (χ1v) is 10.7. The van der Waals surface area contributed by atoms with Crippen LogP contribution in [0.4, 0.5) is 15.9 Å². The zero-order valence-electron chi connectivity index (χ0n) is 17.9. The van der Waals surface area contributed by atoms with E-state index in [-0.39, 0.29) is 16.6 Å². The molecule has 2 atom stereocenters. The summed E-state index contributed by atoms with van der Waals surface area (Å²) in [6, 6.07) is 5.29. The van der Waals surface area contributed by atoms with Crippen molar-refractivity contribution in [3.63, 3.8) is 0 Å². The number of halogens is 1. The predicted molar refractivity (Wildman–Crippen MR) is 113 cm³/mol. The molecule has 1 saturated heterocycles. The van der Waals surface area contributed by atoms with Gasteiger partial charge in [-0.2, -0.15) is 4.59 Å². The Kier molecular flexibility index (Phi) is 4.29. The van der Waals surface area contributed by atoms with Crippen LogP contribution >= 0.6 is 0 Å². The number of H-pyrrole nitrogens is 1. The van der Waals surface area contributed by atoms with Gasteiger partial charge in [0.15, 0.2) is 11.7 Å². The average Bonchev–Trinajstić information content (AvgIpc) is 3.30. The summed E-state index contributed by atoms with van der Waals surface area (Å²) in [6.07, 6.45) is 3.14. The number of aromatic nitrogens is 2. The SMILES string of the molecule is CC(C)(C)OC(=O)C1CCCN1[N+]1(C2CC2)c2ccc(F)cc2-n2c1cc(=O)[nH]c2=O. The van der Waals surface area contributed by atoms with Gasteiger partial charge in [0.25, 0.3) is 5.56 Å². The highest BCUT2D eigenvalue weighted by Gasteiger charge is 2.63. The number of rotatable bonds is 3. The summed E-state index contributed by atoms with van der Waals surface area (Å²) in [7, 11) is 0. The number of hydrogen-bond acceptors (Lipinski definition) is 5. The molecule has 0 radical (unpaired) electrons. The Hall–Kier alpha value is -2.78. The third kappa shape index (κ3) is 2.98. The molecular formula is C22H26FN4O4+. The number of quaternary nitrogens is 1. The van der Waals surface area contributed by atoms with Crippen molar-refractivity contribution in [1.29, 1.82) is 0 Å². The summed E-state index contributed by atoms with van der Waals surface area (Å²) < 4.78 is 21.4. The fourth-order valence-corrected chi connectivity index (χ4v) is 5.10. The maximum Gasteiger partial charge on any atom is 0.337 e. The van der Waals surface area contributed by atoms with E-state index in [9.17, 15) is 18.8 Å². The van der Waals surface area contributed by atoms with Gasteiger partial charge in [0, 0.05) is 31.5 Å². The number of nitrogens with one attached hydrogen (secondary N) is 1. The Morgan fingerprint density at radius 2 is 1.94 bits per heavy atom. The van der Waals surface area contributed by atoms with Crippen LogP contribution in [0.5, 0.6) is 0 Å². The molecular weight excluding hydrogens is 403 g/mol. The standard InChI is InChI=1S/C22H25FN4O4/c1-22(2,3)31-20(29)15-5-4-10-25(15)27(14-7-8-14)17-9-6-13(23)11-16(17)26-19(27)12-18(28)24-21(26)30/h6,9,11-12,14-15H,4-5,7-8,10H2,1-3H3/p+1. The average molecular weight is 429 g/mol. The van der Waals surface area contributed by atoms with E-state index in [1.54, 1.807) is 6.07 Å². The third-order valence-electron chi connectivity index (χ3n) is 6.20. The molecule has 31 heavy (non-hydrogen) atoms. The van der Waals surface area contributed by atoms with Crippen LogP contribution in [0.2, 0.25) is 0 Å². The van der Waals surface area contributed by atoms with E-state index in [0.717, 1.165) is 19.3 Å². The lowest BCUT2D eigenvalue weighted by Crippen LogP contribution is -2.63. The van der Waals surface area contributed by atoms with Crippen molar-refractivity contribution in [3.05, 3.63) is 50.9 Å². The number of ether oxygens (including phenoxy) is 1. The number of carbonyl (C=O) groups is 1. The summed E-state index contributed by atoms with van der Waals surface area (Å²) in [5.41, 5.74) is -0.648. The van der Waals surface area contributed by atoms with Gasteiger partial charge in [-0.05, 0) is 39.7 Å². The van der Waals surface area contributed by atoms with Gasteiger partial charge in [-0.1, -0.05) is 0 Å². The monoisotopic (exact) mass is 429 g/mol. The fraction of sp³-hybridized carbons (Fsp3) is 0.500. The molecule has 2 unspecified atom stereocenters. The smallest absolute Gasteiger partial charge is 0.337 e. The molecule has 5 rings (SSSR count). The summed E-state index contributed by atoms with van der Waals surface area (Å²) in [6.45, 7) is 6.09. The molecule has 3 heterocycles. The van der Waals surface area contributed by atoms with Gasteiger partial charge in [-0.15, -0.1) is 5.01 Å². The summed E-state index contributed by atoms with van der Waals surface area (Å²) in [5.74, 6) is -0.339. The zero-order valence-corrected chi connectivity index (χ0v) is 17.9. The second-order valence-electron chi connectivity index (χ2n) is 9.54. The van der Waals surface area contributed by atoms with Gasteiger partial charge in [0.05, 0.1) is 6.07 Å². The first kappa shape index (κ1) is 20.1. The first-order valence-electron chi connectivity index (χ1n) is 10.7. The Balaban J connectivity index is 1.75. The molecule has 1 aliphatic carbocycles. The molecule has 8 nitrogen and oxygen atoms in total. The third-order valence-corrected chi connectivity index (χ3v) is 6.20. The van der Waals surface area contributed by atoms with Crippen molar-refractivity contribution in [2.45, 2.75) is 64.1 Å². The van der Waals surface area contributed by atoms with Crippen molar-refractivity contribution >= 4 is 17.5 Å². The molecule has 0 bridgehead atoms. The van der Waals surface area contributed by atoms with Crippen LogP contribution in [0, 0.1) is 5.82 Å². The molecule has 9 heteroatoms. The highest BCUT2D eigenvalue weighted by Crippen LogP contribution is 2.55. The lowest BCUT2D eigenvalue weighted by atomic mass is 10.1. The molecule has 0 amide bonds. The predicted octanol–water partition coefficient (Wildman–Crippen LogP) is 2.50. The van der Waals surface area contributed by atoms with Crippen LogP contribution in [0.25, 0.3) is 5.69 Å². The lowest BCUT2D eigenvalue weighted by Gasteiger charge is -2.42. The number of carbonyl (C=O) groups excluding carboxylic acids is 1. The minimum atomic E-state index is -0.631. The van der Waals surface area contributed by atoms with Gasteiger partial charge in [0.1, 0.15) is 23.1 Å². The molecule has 1 N–H and O–H groups in total. The van der Waals surface area contributed by atoms with E-state index in [1.165, 1.54) is 22.8 Å². The van der Waals surface area contributed by atoms with E-state index >= 15 is 0 Å². The zero-order chi connectivity index (χ0) is 22.1. The maximum absolute atomic E-state index is 14.2. The molecule has 164 valence electrons. The number of fused-ring (bicyclic) bond motifs is 3. The highest BCUT2D eigenvalue weighted by atomic mass is 19.1. The number of nitrogens with zero attached hydrogens (tertiary/aromatic N) is 3. The van der Waals surface area contributed by atoms with Crippen molar-refractivity contribution in [2.24, 2.45) is 0 Å². The summed E-state index contributed by atoms with van der Waals surface area (Å²) in [4.78, 5) is 40.6. The van der Waals surface area contributed by atoms with Crippen molar-refractivity contribution < 1.29 is 13.9 Å². The molecule has 2 aromatic rings. The highest BCUT2D eigenvalue weighted by molar-refractivity contribution is 5.79. The Labute approximate surface area is 178 Å². The van der Waals surface area contributed by atoms with Gasteiger partial charge < -0.3 is 4.74 Å². The topological polar surface area (TPSA) is 84.4 Å². The molecule has 2 fully saturated rings. The van der Waals surface area contributed by atoms with Crippen molar-refractivity contribution in [1.82, 2.24) is 19.2 Å². The second-order valence-corrected chi connectivity index (χ2v) is 9.54. The molecule has 2 aliphatic heterocycles. The second kappa shape index (κ2) is 6.61. The number of benzene rings is 1. The summed E-state index contributed by atoms with van der Waals surface area (Å²) in [5, 5.41) is 2.04. The lowest BCUT2D eigenvalue weighted by molar-refractivity contribution is -0.165. The minimum Gasteiger partial charge on any atom is -0.459 e. The number of aromatic amines is 1. The molecule has 3 aliphatic rings. The van der Waals surface area contributed by atoms with Crippen LogP contribution in [0.3, 0.4) is 0 Å². The maximum atomic E-state index is 14.2. The Morgan fingerprint density at radius 1 is 1.19 bits per heavy atom. The fourth-order valence-electron chi connectivity index (χ4n) is 5.10. The number of hydrogen-bond donors (Lipinski definition) is 1. The Morgan fingerprint density at radius 3 is 2.61 bits per heavy atom. The van der Waals surface area contributed by atoms with E-state index in [4.69, 9.17) is 4.74 Å². The van der Waals surface area contributed by atoms with E-state index in [0.29, 0.717) is 30.2 Å². The van der Waals surface area contributed by atoms with Gasteiger partial charge >= 0.3 is 11.7 Å². The first-order chi connectivity index (χ1) is 14.6. The summed E-state index contributed by atoms with van der Waals surface area (Å²) >= 11 is 0. The minimum absolute atomic E-state index is 0.0576. The molecule has 1 saturated carbocycles. The van der Waals surface area contributed by atoms with Crippen molar-refractivity contribution in [2.75, 3.05) is 6.54 Å². The van der Waals surface area contributed by atoms with Gasteiger partial charge in [-0.25, -0.2) is 13.8 Å². The van der Waals surface area contributed by atoms with Crippen LogP contribution < -0.4 is 15.8 Å². The molecule has 0 spiro atoms. The van der Waals surface area contributed by atoms with Crippen LogP contribution in [0.15, 0.2) is 33.9 Å². The largest absolute Gasteiger partial charge is 0.459 e. The quantitative estimate of drug-likeness (QED) is 0.599. The van der Waals surface area contributed by atoms with Gasteiger partial charge in [-0.3, -0.25) is 14.6 Å². The van der Waals surface area contributed by atoms with Crippen LogP contribution in [-0.4, -0.2) is 44.8 Å². The van der Waals surface area contributed by atoms with Crippen molar-refractivity contribution in [3.8, 4) is 5.69 Å².